The van der Waals surface area contributed by atoms with Gasteiger partial charge < -0.3 is 15.8 Å². The Labute approximate surface area is 208 Å². The van der Waals surface area contributed by atoms with Crippen molar-refractivity contribution in [3.63, 3.8) is 0 Å². The van der Waals surface area contributed by atoms with Crippen molar-refractivity contribution in [1.82, 2.24) is 10.0 Å². The maximum atomic E-state index is 13.4. The lowest BCUT2D eigenvalue weighted by Crippen LogP contribution is -2.42. The van der Waals surface area contributed by atoms with Crippen LogP contribution < -0.4 is 15.8 Å². The molecule has 1 aromatic rings. The topological polar surface area (TPSA) is 84.2 Å². The molecule has 0 aliphatic heterocycles. The van der Waals surface area contributed by atoms with Crippen LogP contribution in [-0.2, 0) is 9.59 Å². The van der Waals surface area contributed by atoms with E-state index in [0.717, 1.165) is 31.1 Å². The van der Waals surface area contributed by atoms with Gasteiger partial charge in [0.1, 0.15) is 6.29 Å². The number of hydrogen-bond acceptors (Lipinski definition) is 5. The summed E-state index contributed by atoms with van der Waals surface area (Å²) in [5.41, 5.74) is 4.61. The highest BCUT2D eigenvalue weighted by Gasteiger charge is 2.40. The smallest absolute Gasteiger partial charge is 0.223 e. The number of hydrogen-bond donors (Lipinski definition) is 3. The average molecular weight is 502 g/mol. The minimum absolute atomic E-state index is 0.0747. The van der Waals surface area contributed by atoms with Gasteiger partial charge in [-0.3, -0.25) is 4.79 Å². The van der Waals surface area contributed by atoms with Gasteiger partial charge in [-0.05, 0) is 95.3 Å². The molecule has 1 aliphatic carbocycles. The summed E-state index contributed by atoms with van der Waals surface area (Å²) >= 11 is 6.66. The Hall–Kier alpha value is -1.15. The molecular weight excluding hydrogens is 461 g/mol. The number of rotatable bonds is 9. The normalized spacial score (nSPS) is 24.9. The zero-order valence-electron chi connectivity index (χ0n) is 21.0. The van der Waals surface area contributed by atoms with Crippen LogP contribution >= 0.6 is 23.5 Å². The molecule has 0 bridgehead atoms. The van der Waals surface area contributed by atoms with Gasteiger partial charge in [0.2, 0.25) is 5.91 Å². The monoisotopic (exact) mass is 501 g/mol. The second-order valence-electron chi connectivity index (χ2n) is 10.4. The molecule has 0 spiro atoms. The highest BCUT2D eigenvalue weighted by atomic mass is 35.5. The molecule has 1 fully saturated rings. The first-order chi connectivity index (χ1) is 15.2. The van der Waals surface area contributed by atoms with Crippen molar-refractivity contribution < 1.29 is 14.0 Å². The van der Waals surface area contributed by atoms with Gasteiger partial charge in [-0.25, -0.2) is 9.11 Å². The van der Waals surface area contributed by atoms with E-state index in [2.05, 4.69) is 30.8 Å². The Morgan fingerprint density at radius 2 is 2.03 bits per heavy atom. The highest BCUT2D eigenvalue weighted by Crippen LogP contribution is 2.44. The van der Waals surface area contributed by atoms with Gasteiger partial charge in [0, 0.05) is 11.5 Å². The number of amides is 1. The third-order valence-electron chi connectivity index (χ3n) is 6.52. The minimum atomic E-state index is -0.695. The van der Waals surface area contributed by atoms with Crippen molar-refractivity contribution in [3.8, 4) is 0 Å². The Morgan fingerprint density at radius 3 is 2.58 bits per heavy atom. The molecule has 0 radical (unpaired) electrons. The summed E-state index contributed by atoms with van der Waals surface area (Å²) in [4.78, 5) is 22.6. The van der Waals surface area contributed by atoms with Gasteiger partial charge >= 0.3 is 0 Å². The van der Waals surface area contributed by atoms with E-state index in [1.807, 2.05) is 14.0 Å². The molecular formula is C25H41ClFN3O2S. The summed E-state index contributed by atoms with van der Waals surface area (Å²) in [5.74, 6) is 1.30. The van der Waals surface area contributed by atoms with Gasteiger partial charge in [-0.2, -0.15) is 0 Å². The fraction of sp³-hybridized carbons (Fsp3) is 0.680. The van der Waals surface area contributed by atoms with E-state index in [4.69, 9.17) is 17.3 Å². The standard InChI is InChI=1S/C15H30N2O.C10H11ClFNOS/c1-10-6-13(7-11(2)12(3)17-5)9-15(4,8-10)14(16)18;1-10(2,6-14)13-15-8-5-3-4-7(11)9(8)12/h10-13,17H,6-9H2,1-5H3,(H2,16,18);3-6,13H,1-2H3. The van der Waals surface area contributed by atoms with Gasteiger partial charge in [0.25, 0.3) is 0 Å². The van der Waals surface area contributed by atoms with Gasteiger partial charge in [-0.1, -0.05) is 38.4 Å². The van der Waals surface area contributed by atoms with Gasteiger partial charge in [-0.15, -0.1) is 0 Å². The zero-order chi connectivity index (χ0) is 25.4. The summed E-state index contributed by atoms with van der Waals surface area (Å²) in [5, 5.41) is 3.39. The van der Waals surface area contributed by atoms with Crippen molar-refractivity contribution in [2.45, 2.75) is 83.7 Å². The molecule has 1 amide bonds. The number of nitrogens with one attached hydrogen (secondary N) is 2. The molecule has 5 atom stereocenters. The Balaban J connectivity index is 0.000000335. The fourth-order valence-electron chi connectivity index (χ4n) is 4.39. The lowest BCUT2D eigenvalue weighted by Gasteiger charge is -2.40. The van der Waals surface area contributed by atoms with Crippen molar-refractivity contribution in [2.24, 2.45) is 28.9 Å². The second kappa shape index (κ2) is 13.1. The summed E-state index contributed by atoms with van der Waals surface area (Å²) in [6, 6.07) is 5.26. The van der Waals surface area contributed by atoms with Crippen molar-refractivity contribution in [3.05, 3.63) is 29.0 Å². The van der Waals surface area contributed by atoms with E-state index >= 15 is 0 Å². The van der Waals surface area contributed by atoms with Crippen LogP contribution in [0.4, 0.5) is 4.39 Å². The van der Waals surface area contributed by atoms with E-state index in [9.17, 15) is 14.0 Å². The average Bonchev–Trinajstić information content (AvgIpc) is 2.74. The highest BCUT2D eigenvalue weighted by molar-refractivity contribution is 7.97. The summed E-state index contributed by atoms with van der Waals surface area (Å²) in [6.07, 6.45) is 5.11. The maximum Gasteiger partial charge on any atom is 0.223 e. The lowest BCUT2D eigenvalue weighted by molar-refractivity contribution is -0.130. The molecule has 0 aromatic heterocycles. The molecule has 2 rings (SSSR count). The third-order valence-corrected chi connectivity index (χ3v) is 7.97. The van der Waals surface area contributed by atoms with Crippen molar-refractivity contribution in [1.29, 1.82) is 0 Å². The molecule has 0 saturated heterocycles. The second-order valence-corrected chi connectivity index (χ2v) is 11.7. The summed E-state index contributed by atoms with van der Waals surface area (Å²) < 4.78 is 16.2. The third kappa shape index (κ3) is 9.55. The number of primary amides is 1. The fourth-order valence-corrected chi connectivity index (χ4v) is 5.39. The van der Waals surface area contributed by atoms with Crippen LogP contribution in [0.3, 0.4) is 0 Å². The van der Waals surface area contributed by atoms with Gasteiger partial charge in [0.05, 0.1) is 15.5 Å². The Morgan fingerprint density at radius 1 is 1.39 bits per heavy atom. The molecule has 33 heavy (non-hydrogen) atoms. The molecule has 5 nitrogen and oxygen atoms in total. The molecule has 5 unspecified atom stereocenters. The molecule has 8 heteroatoms. The van der Waals surface area contributed by atoms with E-state index < -0.39 is 11.4 Å². The zero-order valence-corrected chi connectivity index (χ0v) is 22.6. The Kier molecular flexibility index (Phi) is 11.8. The lowest BCUT2D eigenvalue weighted by atomic mass is 9.64. The van der Waals surface area contributed by atoms with Crippen LogP contribution in [0.1, 0.15) is 67.2 Å². The molecule has 4 N–H and O–H groups in total. The summed E-state index contributed by atoms with van der Waals surface area (Å²) in [7, 11) is 2.01. The number of benzene rings is 1. The first kappa shape index (κ1) is 29.9. The van der Waals surface area contributed by atoms with Gasteiger partial charge in [0.15, 0.2) is 5.82 Å². The minimum Gasteiger partial charge on any atom is -0.369 e. The maximum absolute atomic E-state index is 13.4. The molecule has 188 valence electrons. The number of aldehydes is 1. The molecule has 1 aliphatic rings. The Bertz CT molecular complexity index is 795. The first-order valence-electron chi connectivity index (χ1n) is 11.6. The van der Waals surface area contributed by atoms with Crippen LogP contribution in [0.25, 0.3) is 0 Å². The van der Waals surface area contributed by atoms with E-state index in [1.165, 1.54) is 18.9 Å². The number of halogens is 2. The largest absolute Gasteiger partial charge is 0.369 e. The van der Waals surface area contributed by atoms with E-state index in [1.54, 1.807) is 26.0 Å². The van der Waals surface area contributed by atoms with Crippen LogP contribution in [0.2, 0.25) is 5.02 Å². The number of carbonyl (C=O) groups is 2. The van der Waals surface area contributed by atoms with Crippen LogP contribution in [0.15, 0.2) is 23.1 Å². The predicted molar refractivity (Wildman–Crippen MR) is 137 cm³/mol. The first-order valence-corrected chi connectivity index (χ1v) is 12.8. The summed E-state index contributed by atoms with van der Waals surface area (Å²) in [6.45, 7) is 12.2. The quantitative estimate of drug-likeness (QED) is 0.303. The van der Waals surface area contributed by atoms with E-state index in [-0.39, 0.29) is 16.3 Å². The van der Waals surface area contributed by atoms with Crippen LogP contribution in [0, 0.1) is 29.0 Å². The van der Waals surface area contributed by atoms with E-state index in [0.29, 0.717) is 28.7 Å². The SMILES string of the molecule is CC(C)(C=O)NSc1cccc(Cl)c1F.CNC(C)C(C)CC1CC(C)CC(C)(C(N)=O)C1. The van der Waals surface area contributed by atoms with Crippen molar-refractivity contribution in [2.75, 3.05) is 7.05 Å². The predicted octanol–water partition coefficient (Wildman–Crippen LogP) is 5.60. The number of carbonyl (C=O) groups excluding carboxylic acids is 2. The molecule has 1 saturated carbocycles. The van der Waals surface area contributed by atoms with Crippen LogP contribution in [-0.4, -0.2) is 30.8 Å². The number of nitrogens with two attached hydrogens (primary N) is 1. The van der Waals surface area contributed by atoms with Crippen molar-refractivity contribution >= 4 is 35.7 Å². The molecule has 0 heterocycles. The molecule has 1 aromatic carbocycles. The van der Waals surface area contributed by atoms with Crippen LogP contribution in [0.5, 0.6) is 0 Å².